The van der Waals surface area contributed by atoms with Crippen molar-refractivity contribution in [1.82, 2.24) is 13.9 Å². The van der Waals surface area contributed by atoms with Crippen LogP contribution in [0.4, 0.5) is 4.79 Å². The number of rotatable bonds is 5. The van der Waals surface area contributed by atoms with Gasteiger partial charge in [0.2, 0.25) is 0 Å². The van der Waals surface area contributed by atoms with E-state index in [4.69, 9.17) is 15.7 Å². The summed E-state index contributed by atoms with van der Waals surface area (Å²) in [5.41, 5.74) is 5.39. The van der Waals surface area contributed by atoms with E-state index in [0.717, 1.165) is 4.31 Å². The summed E-state index contributed by atoms with van der Waals surface area (Å²) in [5, 5.41) is 11.4. The second-order valence-corrected chi connectivity index (χ2v) is 6.50. The predicted octanol–water partition coefficient (Wildman–Crippen LogP) is -1.27. The molecule has 1 aliphatic heterocycles. The quantitative estimate of drug-likeness (QED) is 0.248. The molecule has 0 bridgehead atoms. The smallest absolute Gasteiger partial charge is 0.422 e. The summed E-state index contributed by atoms with van der Waals surface area (Å²) < 4.78 is 31.7. The Morgan fingerprint density at radius 1 is 1.38 bits per heavy atom. The van der Waals surface area contributed by atoms with Crippen LogP contribution in [0.3, 0.4) is 0 Å². The Morgan fingerprint density at radius 3 is 2.43 bits per heavy atom. The fourth-order valence-electron chi connectivity index (χ4n) is 1.80. The van der Waals surface area contributed by atoms with Crippen LogP contribution in [-0.2, 0) is 14.9 Å². The highest BCUT2D eigenvalue weighted by atomic mass is 32.2. The highest BCUT2D eigenvalue weighted by Gasteiger charge is 2.29. The SMILES string of the molecule is CC(C)OC(=O)NS(=O)(=O)N1CCN(CC(N)=NO)CC1. The minimum Gasteiger partial charge on any atom is -0.446 e. The summed E-state index contributed by atoms with van der Waals surface area (Å²) in [6.45, 7) is 4.72. The molecule has 1 aliphatic rings. The van der Waals surface area contributed by atoms with Crippen LogP contribution < -0.4 is 10.5 Å². The molecule has 0 saturated carbocycles. The van der Waals surface area contributed by atoms with Gasteiger partial charge in [-0.3, -0.25) is 4.90 Å². The summed E-state index contributed by atoms with van der Waals surface area (Å²) in [6.07, 6.45) is -1.40. The average Bonchev–Trinajstić information content (AvgIpc) is 2.37. The maximum absolute atomic E-state index is 12.0. The van der Waals surface area contributed by atoms with E-state index >= 15 is 0 Å². The fourth-order valence-corrected chi connectivity index (χ4v) is 2.83. The second-order valence-electron chi connectivity index (χ2n) is 4.83. The molecule has 0 spiro atoms. The zero-order chi connectivity index (χ0) is 16.0. The van der Waals surface area contributed by atoms with Crippen molar-refractivity contribution in [2.45, 2.75) is 20.0 Å². The van der Waals surface area contributed by atoms with Gasteiger partial charge in [-0.25, -0.2) is 9.52 Å². The van der Waals surface area contributed by atoms with Gasteiger partial charge in [-0.15, -0.1) is 0 Å². The lowest BCUT2D eigenvalue weighted by Gasteiger charge is -2.33. The number of nitrogens with one attached hydrogen (secondary N) is 1. The minimum atomic E-state index is -3.91. The van der Waals surface area contributed by atoms with Crippen LogP contribution in [0.1, 0.15) is 13.8 Å². The normalized spacial score (nSPS) is 18.7. The van der Waals surface area contributed by atoms with E-state index < -0.39 is 22.4 Å². The van der Waals surface area contributed by atoms with E-state index in [2.05, 4.69) is 5.16 Å². The number of hydrogen-bond donors (Lipinski definition) is 3. The molecule has 0 unspecified atom stereocenters. The van der Waals surface area contributed by atoms with Crippen LogP contribution >= 0.6 is 0 Å². The van der Waals surface area contributed by atoms with Crippen LogP contribution in [0, 0.1) is 0 Å². The Morgan fingerprint density at radius 2 is 1.95 bits per heavy atom. The van der Waals surface area contributed by atoms with Gasteiger partial charge in [0, 0.05) is 26.2 Å². The Bertz CT molecular complexity index is 484. The number of amidine groups is 1. The molecular formula is C10H21N5O5S. The molecule has 0 aromatic carbocycles. The van der Waals surface area contributed by atoms with Crippen molar-refractivity contribution < 1.29 is 23.2 Å². The number of nitrogens with zero attached hydrogens (tertiary/aromatic N) is 3. The molecule has 4 N–H and O–H groups in total. The number of piperazine rings is 1. The summed E-state index contributed by atoms with van der Waals surface area (Å²) in [6, 6.07) is 0. The third kappa shape index (κ3) is 5.73. The molecule has 1 saturated heterocycles. The fraction of sp³-hybridized carbons (Fsp3) is 0.800. The van der Waals surface area contributed by atoms with Gasteiger partial charge in [0.25, 0.3) is 0 Å². The standard InChI is InChI=1S/C10H21N5O5S/c1-8(2)20-10(16)13-21(18,19)15-5-3-14(4-6-15)7-9(11)12-17/h8,17H,3-7H2,1-2H3,(H2,11,12)(H,13,16). The van der Waals surface area contributed by atoms with Crippen molar-refractivity contribution in [2.75, 3.05) is 32.7 Å². The summed E-state index contributed by atoms with van der Waals surface area (Å²) >= 11 is 0. The molecule has 21 heavy (non-hydrogen) atoms. The Hall–Kier alpha value is -1.59. The minimum absolute atomic E-state index is 0.0601. The maximum Gasteiger partial charge on any atom is 0.422 e. The Balaban J connectivity index is 2.50. The van der Waals surface area contributed by atoms with Crippen LogP contribution in [0.5, 0.6) is 0 Å². The van der Waals surface area contributed by atoms with Gasteiger partial charge in [-0.1, -0.05) is 5.16 Å². The van der Waals surface area contributed by atoms with E-state index in [1.165, 1.54) is 0 Å². The van der Waals surface area contributed by atoms with E-state index in [-0.39, 0.29) is 25.5 Å². The number of carbonyl (C=O) groups excluding carboxylic acids is 1. The molecule has 10 nitrogen and oxygen atoms in total. The van der Waals surface area contributed by atoms with Gasteiger partial charge in [0.05, 0.1) is 12.6 Å². The van der Waals surface area contributed by atoms with E-state index in [1.807, 2.05) is 9.62 Å². The number of oxime groups is 1. The molecule has 122 valence electrons. The number of carbonyl (C=O) groups is 1. The van der Waals surface area contributed by atoms with Gasteiger partial charge >= 0.3 is 16.3 Å². The zero-order valence-corrected chi connectivity index (χ0v) is 12.8. The van der Waals surface area contributed by atoms with Crippen molar-refractivity contribution in [3.63, 3.8) is 0 Å². The first kappa shape index (κ1) is 17.5. The predicted molar refractivity (Wildman–Crippen MR) is 75.1 cm³/mol. The monoisotopic (exact) mass is 323 g/mol. The highest BCUT2D eigenvalue weighted by molar-refractivity contribution is 7.87. The molecule has 1 rings (SSSR count). The van der Waals surface area contributed by atoms with Crippen LogP contribution in [0.15, 0.2) is 5.16 Å². The van der Waals surface area contributed by atoms with Gasteiger partial charge in [0.15, 0.2) is 5.84 Å². The lowest BCUT2D eigenvalue weighted by atomic mass is 10.3. The van der Waals surface area contributed by atoms with Crippen LogP contribution in [-0.4, -0.2) is 73.6 Å². The van der Waals surface area contributed by atoms with Crippen molar-refractivity contribution in [3.8, 4) is 0 Å². The number of ether oxygens (including phenoxy) is 1. The molecule has 0 radical (unpaired) electrons. The molecular weight excluding hydrogens is 302 g/mol. The van der Waals surface area contributed by atoms with Crippen molar-refractivity contribution in [2.24, 2.45) is 10.9 Å². The van der Waals surface area contributed by atoms with E-state index in [9.17, 15) is 13.2 Å². The Labute approximate surface area is 123 Å². The number of hydrogen-bond acceptors (Lipinski definition) is 7. The molecule has 0 aromatic rings. The third-order valence-corrected chi connectivity index (χ3v) is 4.21. The molecule has 0 aromatic heterocycles. The van der Waals surface area contributed by atoms with Gasteiger partial charge in [-0.2, -0.15) is 12.7 Å². The first-order valence-electron chi connectivity index (χ1n) is 6.42. The second kappa shape index (κ2) is 7.43. The lowest BCUT2D eigenvalue weighted by Crippen LogP contribution is -2.54. The number of nitrogens with two attached hydrogens (primary N) is 1. The molecule has 1 fully saturated rings. The lowest BCUT2D eigenvalue weighted by molar-refractivity contribution is 0.120. The number of amides is 1. The molecule has 11 heteroatoms. The van der Waals surface area contributed by atoms with Crippen molar-refractivity contribution in [1.29, 1.82) is 0 Å². The molecule has 1 heterocycles. The topological polar surface area (TPSA) is 138 Å². The van der Waals surface area contributed by atoms with Crippen molar-refractivity contribution >= 4 is 22.1 Å². The first-order valence-corrected chi connectivity index (χ1v) is 7.86. The van der Waals surface area contributed by atoms with Gasteiger partial charge in [-0.05, 0) is 13.8 Å². The van der Waals surface area contributed by atoms with E-state index in [1.54, 1.807) is 13.8 Å². The third-order valence-electron chi connectivity index (χ3n) is 2.74. The van der Waals surface area contributed by atoms with Gasteiger partial charge < -0.3 is 15.7 Å². The average molecular weight is 323 g/mol. The van der Waals surface area contributed by atoms with Crippen LogP contribution in [0.2, 0.25) is 0 Å². The Kier molecular flexibility index (Phi) is 6.18. The van der Waals surface area contributed by atoms with Crippen molar-refractivity contribution in [3.05, 3.63) is 0 Å². The largest absolute Gasteiger partial charge is 0.446 e. The van der Waals surface area contributed by atoms with Gasteiger partial charge in [0.1, 0.15) is 0 Å². The zero-order valence-electron chi connectivity index (χ0n) is 12.0. The first-order chi connectivity index (χ1) is 9.74. The van der Waals surface area contributed by atoms with E-state index in [0.29, 0.717) is 13.1 Å². The summed E-state index contributed by atoms with van der Waals surface area (Å²) in [7, 11) is -3.91. The summed E-state index contributed by atoms with van der Waals surface area (Å²) in [5.74, 6) is 0.0601. The van der Waals surface area contributed by atoms with Crippen LogP contribution in [0.25, 0.3) is 0 Å². The highest BCUT2D eigenvalue weighted by Crippen LogP contribution is 2.06. The molecule has 1 amide bonds. The molecule has 0 atom stereocenters. The maximum atomic E-state index is 12.0. The molecule has 0 aliphatic carbocycles. The summed E-state index contributed by atoms with van der Waals surface area (Å²) in [4.78, 5) is 13.2.